The molecule has 0 saturated heterocycles. The van der Waals surface area contributed by atoms with Gasteiger partial charge in [0.25, 0.3) is 0 Å². The number of thiol groups is 1. The molecule has 0 unspecified atom stereocenters. The van der Waals surface area contributed by atoms with Crippen LogP contribution >= 0.6 is 12.6 Å². The quantitative estimate of drug-likeness (QED) is 0.439. The van der Waals surface area contributed by atoms with Crippen LogP contribution < -0.4 is 5.32 Å². The monoisotopic (exact) mass is 231 g/mol. The summed E-state index contributed by atoms with van der Waals surface area (Å²) in [6, 6.07) is 0. The van der Waals surface area contributed by atoms with Gasteiger partial charge in [0, 0.05) is 13.5 Å². The highest BCUT2D eigenvalue weighted by atomic mass is 32.1. The lowest BCUT2D eigenvalue weighted by Gasteiger charge is -2.01. The summed E-state index contributed by atoms with van der Waals surface area (Å²) < 4.78 is 0. The van der Waals surface area contributed by atoms with E-state index in [1.807, 2.05) is 0 Å². The van der Waals surface area contributed by atoms with Crippen molar-refractivity contribution in [2.75, 3.05) is 12.8 Å². The molecule has 0 atom stereocenters. The summed E-state index contributed by atoms with van der Waals surface area (Å²) in [7, 11) is 1.70. The van der Waals surface area contributed by atoms with Gasteiger partial charge in [0.2, 0.25) is 5.91 Å². The van der Waals surface area contributed by atoms with Gasteiger partial charge in [0.05, 0.1) is 0 Å². The van der Waals surface area contributed by atoms with Crippen molar-refractivity contribution >= 4 is 18.5 Å². The molecule has 0 aliphatic carbocycles. The minimum Gasteiger partial charge on any atom is -0.359 e. The molecule has 0 heterocycles. The summed E-state index contributed by atoms with van der Waals surface area (Å²) in [5.41, 5.74) is 0. The second kappa shape index (κ2) is 11.9. The highest BCUT2D eigenvalue weighted by molar-refractivity contribution is 7.80. The summed E-state index contributed by atoms with van der Waals surface area (Å²) in [5, 5.41) is 2.64. The Kier molecular flexibility index (Phi) is 11.7. The molecule has 1 amide bonds. The van der Waals surface area contributed by atoms with E-state index in [2.05, 4.69) is 17.9 Å². The predicted octanol–water partition coefficient (Wildman–Crippen LogP) is 3.17. The Hall–Kier alpha value is -0.180. The molecule has 15 heavy (non-hydrogen) atoms. The number of rotatable bonds is 10. The summed E-state index contributed by atoms with van der Waals surface area (Å²) >= 11 is 4.18. The van der Waals surface area contributed by atoms with E-state index in [1.54, 1.807) is 7.05 Å². The number of hydrogen-bond donors (Lipinski definition) is 2. The first-order valence-electron chi connectivity index (χ1n) is 6.12. The van der Waals surface area contributed by atoms with Crippen LogP contribution in [0.25, 0.3) is 0 Å². The van der Waals surface area contributed by atoms with Gasteiger partial charge >= 0.3 is 0 Å². The molecule has 3 heteroatoms. The Morgan fingerprint density at radius 1 is 0.933 bits per heavy atom. The van der Waals surface area contributed by atoms with Gasteiger partial charge in [-0.2, -0.15) is 12.6 Å². The zero-order valence-electron chi connectivity index (χ0n) is 9.93. The van der Waals surface area contributed by atoms with Crippen molar-refractivity contribution in [3.63, 3.8) is 0 Å². The first-order valence-corrected chi connectivity index (χ1v) is 6.76. The molecule has 0 bridgehead atoms. The summed E-state index contributed by atoms with van der Waals surface area (Å²) in [5.74, 6) is 1.19. The summed E-state index contributed by atoms with van der Waals surface area (Å²) in [4.78, 5) is 10.9. The highest BCUT2D eigenvalue weighted by Crippen LogP contribution is 2.09. The predicted molar refractivity (Wildman–Crippen MR) is 69.5 cm³/mol. The molecule has 0 rings (SSSR count). The first kappa shape index (κ1) is 14.8. The molecule has 2 nitrogen and oxygen atoms in total. The second-order valence-electron chi connectivity index (χ2n) is 3.98. The Balaban J connectivity index is 2.95. The number of hydrogen-bond acceptors (Lipinski definition) is 2. The van der Waals surface area contributed by atoms with Crippen LogP contribution in [0.5, 0.6) is 0 Å². The molecule has 0 aliphatic heterocycles. The van der Waals surface area contributed by atoms with E-state index in [9.17, 15) is 4.79 Å². The van der Waals surface area contributed by atoms with Crippen LogP contribution in [0.15, 0.2) is 0 Å². The lowest BCUT2D eigenvalue weighted by molar-refractivity contribution is -0.120. The van der Waals surface area contributed by atoms with Crippen molar-refractivity contribution in [2.45, 2.75) is 57.8 Å². The maximum atomic E-state index is 10.9. The smallest absolute Gasteiger partial charge is 0.219 e. The third-order valence-electron chi connectivity index (χ3n) is 2.59. The molecular weight excluding hydrogens is 206 g/mol. The molecular formula is C12H25NOS. The molecule has 0 fully saturated rings. The zero-order chi connectivity index (χ0) is 11.4. The maximum Gasteiger partial charge on any atom is 0.219 e. The first-order chi connectivity index (χ1) is 7.31. The zero-order valence-corrected chi connectivity index (χ0v) is 10.8. The highest BCUT2D eigenvalue weighted by Gasteiger charge is 1.97. The lowest BCUT2D eigenvalue weighted by Crippen LogP contribution is -2.16. The van der Waals surface area contributed by atoms with Gasteiger partial charge in [-0.3, -0.25) is 4.79 Å². The third-order valence-corrected chi connectivity index (χ3v) is 2.91. The van der Waals surface area contributed by atoms with Crippen LogP contribution in [0, 0.1) is 0 Å². The van der Waals surface area contributed by atoms with Crippen LogP contribution in [0.1, 0.15) is 57.8 Å². The van der Waals surface area contributed by atoms with Crippen LogP contribution in [-0.2, 0) is 4.79 Å². The normalized spacial score (nSPS) is 10.3. The molecule has 0 aliphatic rings. The minimum atomic E-state index is 0.170. The fraction of sp³-hybridized carbons (Fsp3) is 0.917. The van der Waals surface area contributed by atoms with Gasteiger partial charge in [-0.1, -0.05) is 38.5 Å². The van der Waals surface area contributed by atoms with E-state index in [4.69, 9.17) is 0 Å². The SMILES string of the molecule is CNC(=O)CCCCCCCCCCS. The fourth-order valence-electron chi connectivity index (χ4n) is 1.58. The molecule has 0 aromatic rings. The van der Waals surface area contributed by atoms with E-state index in [-0.39, 0.29) is 5.91 Å². The number of amides is 1. The van der Waals surface area contributed by atoms with Crippen molar-refractivity contribution < 1.29 is 4.79 Å². The van der Waals surface area contributed by atoms with Gasteiger partial charge in [-0.05, 0) is 18.6 Å². The second-order valence-corrected chi connectivity index (χ2v) is 4.42. The molecule has 0 saturated carbocycles. The molecule has 0 aromatic heterocycles. The van der Waals surface area contributed by atoms with Crippen molar-refractivity contribution in [3.05, 3.63) is 0 Å². The van der Waals surface area contributed by atoms with Crippen molar-refractivity contribution in [1.82, 2.24) is 5.32 Å². The maximum absolute atomic E-state index is 10.9. The van der Waals surface area contributed by atoms with Gasteiger partial charge in [-0.25, -0.2) is 0 Å². The van der Waals surface area contributed by atoms with Gasteiger partial charge in [0.1, 0.15) is 0 Å². The van der Waals surface area contributed by atoms with E-state index in [1.165, 1.54) is 44.9 Å². The Labute approximate surface area is 99.6 Å². The Morgan fingerprint density at radius 2 is 1.40 bits per heavy atom. The Morgan fingerprint density at radius 3 is 1.87 bits per heavy atom. The van der Waals surface area contributed by atoms with Crippen LogP contribution in [-0.4, -0.2) is 18.7 Å². The molecule has 90 valence electrons. The van der Waals surface area contributed by atoms with Crippen molar-refractivity contribution in [2.24, 2.45) is 0 Å². The number of carbonyl (C=O) groups excluding carboxylic acids is 1. The minimum absolute atomic E-state index is 0.170. The molecule has 0 radical (unpaired) electrons. The lowest BCUT2D eigenvalue weighted by atomic mass is 10.1. The largest absolute Gasteiger partial charge is 0.359 e. The van der Waals surface area contributed by atoms with E-state index >= 15 is 0 Å². The Bertz CT molecular complexity index is 151. The van der Waals surface area contributed by atoms with Crippen molar-refractivity contribution in [3.8, 4) is 0 Å². The molecule has 0 aromatic carbocycles. The van der Waals surface area contributed by atoms with Crippen LogP contribution in [0.4, 0.5) is 0 Å². The summed E-state index contributed by atoms with van der Waals surface area (Å²) in [6.07, 6.45) is 10.8. The van der Waals surface area contributed by atoms with Crippen LogP contribution in [0.3, 0.4) is 0 Å². The van der Waals surface area contributed by atoms with Gasteiger partial charge in [-0.15, -0.1) is 0 Å². The van der Waals surface area contributed by atoms with E-state index in [0.29, 0.717) is 6.42 Å². The topological polar surface area (TPSA) is 29.1 Å². The number of unbranched alkanes of at least 4 members (excludes halogenated alkanes) is 7. The van der Waals surface area contributed by atoms with Gasteiger partial charge in [0.15, 0.2) is 0 Å². The van der Waals surface area contributed by atoms with Gasteiger partial charge < -0.3 is 5.32 Å². The average Bonchev–Trinajstić information content (AvgIpc) is 2.26. The fourth-order valence-corrected chi connectivity index (χ4v) is 1.81. The van der Waals surface area contributed by atoms with Crippen LogP contribution in [0.2, 0.25) is 0 Å². The average molecular weight is 231 g/mol. The third kappa shape index (κ3) is 11.7. The molecule has 1 N–H and O–H groups in total. The number of carbonyl (C=O) groups is 1. The standard InChI is InChI=1S/C12H25NOS/c1-13-12(14)10-8-6-4-2-3-5-7-9-11-15/h15H,2-11H2,1H3,(H,13,14). The van der Waals surface area contributed by atoms with E-state index < -0.39 is 0 Å². The summed E-state index contributed by atoms with van der Waals surface area (Å²) in [6.45, 7) is 0. The van der Waals surface area contributed by atoms with E-state index in [0.717, 1.165) is 12.2 Å². The number of nitrogens with one attached hydrogen (secondary N) is 1. The molecule has 0 spiro atoms. The van der Waals surface area contributed by atoms with Crippen molar-refractivity contribution in [1.29, 1.82) is 0 Å².